The SMILES string of the molecule is Cn1cc(-c2ccc(CN(c3ncnc4c3ccn4C[C@@]3(O)CCN(CC(N)=O)C[C@@H]3O)C3CC3)c(F)c2)cn1. The van der Waals surface area contributed by atoms with Crippen LogP contribution in [0.1, 0.15) is 24.8 Å². The highest BCUT2D eigenvalue weighted by molar-refractivity contribution is 5.88. The summed E-state index contributed by atoms with van der Waals surface area (Å²) in [5.41, 5.74) is 6.73. The topological polar surface area (TPSA) is 139 Å². The highest BCUT2D eigenvalue weighted by Gasteiger charge is 2.41. The van der Waals surface area contributed by atoms with E-state index >= 15 is 4.39 Å². The van der Waals surface area contributed by atoms with Gasteiger partial charge >= 0.3 is 0 Å². The van der Waals surface area contributed by atoms with Gasteiger partial charge in [0.05, 0.1) is 30.8 Å². The molecule has 0 radical (unpaired) electrons. The maximum Gasteiger partial charge on any atom is 0.231 e. The molecule has 1 amide bonds. The van der Waals surface area contributed by atoms with Gasteiger partial charge in [-0.15, -0.1) is 0 Å². The van der Waals surface area contributed by atoms with Crippen molar-refractivity contribution in [1.82, 2.24) is 29.2 Å². The number of anilines is 1. The first kappa shape index (κ1) is 26.4. The molecule has 40 heavy (non-hydrogen) atoms. The number of fused-ring (bicyclic) bond motifs is 1. The molecular weight excluding hydrogens is 515 g/mol. The molecule has 1 aliphatic heterocycles. The number of β-amino-alcohol motifs (C(OH)–C–C–N with tert-alkyl or cyclic N) is 1. The molecule has 1 saturated heterocycles. The van der Waals surface area contributed by atoms with Crippen molar-refractivity contribution >= 4 is 22.8 Å². The van der Waals surface area contributed by atoms with Gasteiger partial charge in [-0.25, -0.2) is 14.4 Å². The van der Waals surface area contributed by atoms with E-state index in [1.807, 2.05) is 42.2 Å². The summed E-state index contributed by atoms with van der Waals surface area (Å²) < 4.78 is 18.8. The number of halogens is 1. The van der Waals surface area contributed by atoms with Crippen molar-refractivity contribution in [2.45, 2.75) is 50.1 Å². The Morgan fingerprint density at radius 3 is 2.75 bits per heavy atom. The van der Waals surface area contributed by atoms with Gasteiger partial charge in [0.2, 0.25) is 5.91 Å². The molecule has 4 heterocycles. The maximum atomic E-state index is 15.3. The molecule has 0 spiro atoms. The lowest BCUT2D eigenvalue weighted by molar-refractivity contribution is -0.135. The van der Waals surface area contributed by atoms with E-state index in [1.165, 1.54) is 6.33 Å². The number of benzene rings is 1. The summed E-state index contributed by atoms with van der Waals surface area (Å²) in [6.45, 7) is 1.13. The Kier molecular flexibility index (Phi) is 6.77. The van der Waals surface area contributed by atoms with Gasteiger partial charge in [0.25, 0.3) is 0 Å². The van der Waals surface area contributed by atoms with Crippen LogP contribution in [0.4, 0.5) is 10.2 Å². The van der Waals surface area contributed by atoms with E-state index in [1.54, 1.807) is 21.8 Å². The number of nitrogens with zero attached hydrogens (tertiary/aromatic N) is 7. The number of carbonyl (C=O) groups excluding carboxylic acids is 1. The second-order valence-electron chi connectivity index (χ2n) is 11.0. The summed E-state index contributed by atoms with van der Waals surface area (Å²) in [7, 11) is 1.83. The van der Waals surface area contributed by atoms with E-state index in [9.17, 15) is 15.0 Å². The summed E-state index contributed by atoms with van der Waals surface area (Å²) in [5.74, 6) is -0.0395. The van der Waals surface area contributed by atoms with E-state index in [4.69, 9.17) is 5.73 Å². The third-order valence-corrected chi connectivity index (χ3v) is 7.96. The predicted octanol–water partition coefficient (Wildman–Crippen LogP) is 1.42. The fourth-order valence-corrected chi connectivity index (χ4v) is 5.59. The van der Waals surface area contributed by atoms with Crippen LogP contribution in [-0.2, 0) is 24.9 Å². The zero-order valence-electron chi connectivity index (χ0n) is 22.3. The Balaban J connectivity index is 1.24. The number of primary amides is 1. The largest absolute Gasteiger partial charge is 0.389 e. The normalized spacial score (nSPS) is 21.6. The van der Waals surface area contributed by atoms with E-state index in [0.717, 1.165) is 29.4 Å². The van der Waals surface area contributed by atoms with Crippen LogP contribution in [0.5, 0.6) is 0 Å². The Labute approximate surface area is 230 Å². The molecule has 4 aromatic rings. The molecule has 0 unspecified atom stereocenters. The molecule has 12 heteroatoms. The van der Waals surface area contributed by atoms with Crippen LogP contribution in [-0.4, -0.2) is 82.7 Å². The van der Waals surface area contributed by atoms with E-state index in [0.29, 0.717) is 30.1 Å². The van der Waals surface area contributed by atoms with Crippen molar-refractivity contribution < 1.29 is 19.4 Å². The van der Waals surface area contributed by atoms with Crippen molar-refractivity contribution in [3.63, 3.8) is 0 Å². The van der Waals surface area contributed by atoms with Crippen molar-refractivity contribution in [2.24, 2.45) is 12.8 Å². The van der Waals surface area contributed by atoms with Gasteiger partial charge < -0.3 is 25.4 Å². The standard InChI is InChI=1S/C28H33FN8O3/c1-34-12-20(11-33-34)18-2-3-19(23(29)10-18)13-37(21-4-5-21)27-22-6-8-36(26(22)31-17-32-27)16-28(40)7-9-35(14-24(28)38)15-25(30)39/h2-3,6,8,10-12,17,21,24,38,40H,4-5,7,9,13-16H2,1H3,(H2,30,39)/t24-,28-/m0/s1. The van der Waals surface area contributed by atoms with Gasteiger partial charge in [0.15, 0.2) is 0 Å². The van der Waals surface area contributed by atoms with Crippen LogP contribution in [0.15, 0.2) is 49.2 Å². The lowest BCUT2D eigenvalue weighted by Gasteiger charge is -2.42. The average molecular weight is 549 g/mol. The molecule has 210 valence electrons. The van der Waals surface area contributed by atoms with Crippen LogP contribution in [0.25, 0.3) is 22.2 Å². The molecule has 2 fully saturated rings. The lowest BCUT2D eigenvalue weighted by Crippen LogP contribution is -2.58. The first-order valence-corrected chi connectivity index (χ1v) is 13.5. The van der Waals surface area contributed by atoms with E-state index < -0.39 is 17.6 Å². The smallest absolute Gasteiger partial charge is 0.231 e. The fourth-order valence-electron chi connectivity index (χ4n) is 5.59. The number of aromatic nitrogens is 5. The number of carbonyl (C=O) groups is 1. The van der Waals surface area contributed by atoms with Gasteiger partial charge in [-0.1, -0.05) is 12.1 Å². The van der Waals surface area contributed by atoms with Crippen LogP contribution < -0.4 is 10.6 Å². The summed E-state index contributed by atoms with van der Waals surface area (Å²) in [6.07, 6.45) is 8.10. The van der Waals surface area contributed by atoms with Gasteiger partial charge in [-0.2, -0.15) is 5.10 Å². The number of likely N-dealkylation sites (tertiary alicyclic amines) is 1. The van der Waals surface area contributed by atoms with Gasteiger partial charge in [-0.3, -0.25) is 14.4 Å². The van der Waals surface area contributed by atoms with Crippen molar-refractivity contribution in [2.75, 3.05) is 24.5 Å². The first-order valence-electron chi connectivity index (χ1n) is 13.5. The van der Waals surface area contributed by atoms with Crippen molar-refractivity contribution in [3.05, 3.63) is 60.6 Å². The number of aliphatic hydroxyl groups is 2. The quantitative estimate of drug-likeness (QED) is 0.286. The Bertz CT molecular complexity index is 1550. The van der Waals surface area contributed by atoms with Crippen molar-refractivity contribution in [1.29, 1.82) is 0 Å². The lowest BCUT2D eigenvalue weighted by atomic mass is 9.88. The Morgan fingerprint density at radius 2 is 2.08 bits per heavy atom. The van der Waals surface area contributed by atoms with Gasteiger partial charge in [0, 0.05) is 56.2 Å². The zero-order valence-corrected chi connectivity index (χ0v) is 22.3. The monoisotopic (exact) mass is 548 g/mol. The highest BCUT2D eigenvalue weighted by Crippen LogP contribution is 2.37. The van der Waals surface area contributed by atoms with Gasteiger partial charge in [-0.05, 0) is 37.0 Å². The van der Waals surface area contributed by atoms with Gasteiger partial charge in [0.1, 0.15) is 29.2 Å². The number of hydrogen-bond donors (Lipinski definition) is 3. The third-order valence-electron chi connectivity index (χ3n) is 7.96. The zero-order chi connectivity index (χ0) is 28.0. The summed E-state index contributed by atoms with van der Waals surface area (Å²) in [6, 6.07) is 7.43. The number of nitrogens with two attached hydrogens (primary N) is 1. The number of hydrogen-bond acceptors (Lipinski definition) is 8. The molecule has 0 bridgehead atoms. The second-order valence-corrected chi connectivity index (χ2v) is 11.0. The third kappa shape index (κ3) is 5.17. The van der Waals surface area contributed by atoms with Crippen LogP contribution in [0.2, 0.25) is 0 Å². The second kappa shape index (κ2) is 10.3. The van der Waals surface area contributed by atoms with Crippen LogP contribution in [0, 0.1) is 5.82 Å². The van der Waals surface area contributed by atoms with Crippen molar-refractivity contribution in [3.8, 4) is 11.1 Å². The fraction of sp³-hybridized carbons (Fsp3) is 0.429. The summed E-state index contributed by atoms with van der Waals surface area (Å²) >= 11 is 0. The minimum atomic E-state index is -1.39. The predicted molar refractivity (Wildman–Crippen MR) is 147 cm³/mol. The molecule has 11 nitrogen and oxygen atoms in total. The summed E-state index contributed by atoms with van der Waals surface area (Å²) in [4.78, 5) is 24.2. The molecule has 1 saturated carbocycles. The Morgan fingerprint density at radius 1 is 1.25 bits per heavy atom. The minimum Gasteiger partial charge on any atom is -0.389 e. The molecule has 6 rings (SSSR count). The Hall–Kier alpha value is -3.87. The van der Waals surface area contributed by atoms with Crippen LogP contribution in [0.3, 0.4) is 0 Å². The highest BCUT2D eigenvalue weighted by atomic mass is 19.1. The summed E-state index contributed by atoms with van der Waals surface area (Å²) in [5, 5.41) is 27.0. The number of aryl methyl sites for hydroxylation is 1. The maximum absolute atomic E-state index is 15.3. The number of aliphatic hydroxyl groups excluding tert-OH is 1. The van der Waals surface area contributed by atoms with E-state index in [2.05, 4.69) is 20.0 Å². The first-order chi connectivity index (χ1) is 19.2. The molecule has 2 aliphatic rings. The molecule has 1 aliphatic carbocycles. The van der Waals surface area contributed by atoms with Crippen LogP contribution >= 0.6 is 0 Å². The van der Waals surface area contributed by atoms with E-state index in [-0.39, 0.29) is 37.9 Å². The molecule has 4 N–H and O–H groups in total. The minimum absolute atomic E-state index is 0.0416. The molecular formula is C28H33FN8O3. The average Bonchev–Trinajstić information content (AvgIpc) is 3.54. The molecule has 2 atom stereocenters. The molecule has 3 aromatic heterocycles. The number of rotatable bonds is 9. The number of amides is 1. The molecule has 1 aromatic carbocycles. The number of piperidine rings is 1.